The van der Waals surface area contributed by atoms with Gasteiger partial charge < -0.3 is 52.1 Å². The van der Waals surface area contributed by atoms with Crippen LogP contribution >= 0.6 is 89.4 Å². The van der Waals surface area contributed by atoms with E-state index in [1.54, 1.807) is 12.1 Å². The quantitative estimate of drug-likeness (QED) is 0.0268. The van der Waals surface area contributed by atoms with Gasteiger partial charge in [0, 0.05) is 43.2 Å². The molecule has 16 aromatic carbocycles. The third kappa shape index (κ3) is 44.4. The molecular weight excluding hydrogens is 2200 g/mol. The molecule has 0 saturated carbocycles. The van der Waals surface area contributed by atoms with Gasteiger partial charge in [-0.05, 0) is 132 Å². The van der Waals surface area contributed by atoms with Gasteiger partial charge in [-0.2, -0.15) is 0 Å². The fourth-order valence-electron chi connectivity index (χ4n) is 14.9. The fraction of sp³-hybridized carbons (Fsp3) is 0.220. The number of aryl methyl sites for hydroxylation is 2. The number of phenols is 5. The molecule has 25 heteroatoms. The van der Waals surface area contributed by atoms with Gasteiger partial charge >= 0.3 is 143 Å². The molecule has 5 N–H and O–H groups in total. The molecular formula is C123H133Cl5N5O5P5Ti5. The van der Waals surface area contributed by atoms with Crippen molar-refractivity contribution in [3.8, 4) is 95.5 Å². The topological polar surface area (TPSA) is 172 Å². The summed E-state index contributed by atoms with van der Waals surface area (Å²) in [5, 5.41) is 88.9. The van der Waals surface area contributed by atoms with Crippen LogP contribution in [0.15, 0.2) is 376 Å². The van der Waals surface area contributed by atoms with Crippen LogP contribution in [0.2, 0.25) is 0 Å². The summed E-state index contributed by atoms with van der Waals surface area (Å²) < 4.78 is 0. The predicted molar refractivity (Wildman–Crippen MR) is 636 cm³/mol. The van der Waals surface area contributed by atoms with Crippen LogP contribution in [0.4, 0.5) is 0 Å². The van der Waals surface area contributed by atoms with Gasteiger partial charge in [0.05, 0.1) is 0 Å². The molecule has 0 aliphatic heterocycles. The van der Waals surface area contributed by atoms with E-state index in [4.69, 9.17) is 26.6 Å². The van der Waals surface area contributed by atoms with Crippen molar-refractivity contribution in [2.75, 3.05) is 0 Å². The average molecular weight is 2330 g/mol. The van der Waals surface area contributed by atoms with Crippen molar-refractivity contribution in [3.05, 3.63) is 442 Å². The van der Waals surface area contributed by atoms with Crippen LogP contribution in [-0.4, -0.2) is 53.2 Å². The van der Waals surface area contributed by atoms with Crippen molar-refractivity contribution in [1.29, 1.82) is 0 Å². The van der Waals surface area contributed by atoms with E-state index < -0.39 is 0 Å². The van der Waals surface area contributed by atoms with E-state index in [2.05, 4.69) is 346 Å². The molecule has 5 unspecified atom stereocenters. The van der Waals surface area contributed by atoms with Gasteiger partial charge in [0.2, 0.25) is 0 Å². The summed E-state index contributed by atoms with van der Waals surface area (Å²) in [5.41, 5.74) is 20.9. The first-order valence-electron chi connectivity index (χ1n) is 48.1. The number of rotatable bonds is 26. The molecule has 0 aliphatic rings. The van der Waals surface area contributed by atoms with Gasteiger partial charge in [-0.1, -0.05) is 520 Å². The van der Waals surface area contributed by atoms with Gasteiger partial charge in [0.1, 0.15) is 28.7 Å². The molecule has 760 valence electrons. The summed E-state index contributed by atoms with van der Waals surface area (Å²) in [7, 11) is 25.1. The Morgan fingerprint density at radius 2 is 0.459 bits per heavy atom. The first-order valence-corrected chi connectivity index (χ1v) is 63.8. The standard InChI is InChI=1S/C29H29NOP.2C24H27NOP.2C23H25NOP.5ClH.5Ti/c1-29(2,3)30-20-23-16-10-11-17-26(23)32-27-19-24(21-12-6-4-7-13-21)18-25(28(27)31)22-14-8-5-9-15-22;1-17-10-8-13-19(16-25-24(2,3)4)23(17)27-21-15-9-14-20(22(21)26)18-11-6-5-7-12-18;1-17-10-13-22(20(14-17)16-25-24(2,3)4)27-23-15-19(11-12-21(23)26)18-8-6-5-7-9-18;1-23(2,3)24-16-18-12-7-8-14-20(18)26-21-15-9-13-19(22(21)25)17-10-5-4-6-11-17;1-23(2,3)24-16-19-11-7-8-12-21(19)26-22-15-18(13-14-20(22)25)17-9-5-4-6-10-17;;;;;;;;;;/h4-19,31-32H,20H2,1-3H3;2*5-15,26-27H,16H2,1-4H3;2*4-15,25-26H,16H2,1-3H3;5*1H;;;;;/q5*-1;;;;;;5*+2/p-5. The third-order valence-electron chi connectivity index (χ3n) is 22.4. The van der Waals surface area contributed by atoms with Crippen LogP contribution in [0.25, 0.3) is 93.3 Å². The van der Waals surface area contributed by atoms with Crippen LogP contribution < -0.4 is 53.0 Å². The first kappa shape index (κ1) is 128. The van der Waals surface area contributed by atoms with Crippen molar-refractivity contribution >= 4 is 142 Å². The normalized spacial score (nSPS) is 11.3. The zero-order chi connectivity index (χ0) is 109. The Morgan fingerprint density at radius 1 is 0.203 bits per heavy atom. The van der Waals surface area contributed by atoms with Crippen molar-refractivity contribution in [2.24, 2.45) is 0 Å². The summed E-state index contributed by atoms with van der Waals surface area (Å²) in [4.78, 5) is 0. The molecule has 0 amide bonds. The monoisotopic (exact) mass is 2330 g/mol. The fourth-order valence-corrected chi connectivity index (χ4v) is 21.2. The molecule has 16 aromatic rings. The molecule has 0 bridgehead atoms. The zero-order valence-electron chi connectivity index (χ0n) is 87.2. The Bertz CT molecular complexity index is 6580. The van der Waals surface area contributed by atoms with Crippen LogP contribution in [0.5, 0.6) is 28.7 Å². The molecule has 0 saturated heterocycles. The maximum atomic E-state index is 11.3. The Kier molecular flexibility index (Phi) is 57.8. The number of hydrogen-bond acceptors (Lipinski definition) is 5. The van der Waals surface area contributed by atoms with Crippen LogP contribution in [0, 0.1) is 13.8 Å². The summed E-state index contributed by atoms with van der Waals surface area (Å²) in [6, 6.07) is 127. The molecule has 0 spiro atoms. The second-order valence-corrected chi connectivity index (χ2v) is 45.9. The molecule has 16 rings (SSSR count). The molecule has 0 radical (unpaired) electrons. The summed E-state index contributed by atoms with van der Waals surface area (Å²) in [6.07, 6.45) is 0. The Labute approximate surface area is 969 Å². The van der Waals surface area contributed by atoms with Crippen molar-refractivity contribution in [3.63, 3.8) is 0 Å². The van der Waals surface area contributed by atoms with Gasteiger partial charge in [-0.3, -0.25) is 0 Å². The molecule has 0 aliphatic carbocycles. The summed E-state index contributed by atoms with van der Waals surface area (Å²) in [6.45, 7) is 39.6. The van der Waals surface area contributed by atoms with Gasteiger partial charge in [0.15, 0.2) is 0 Å². The van der Waals surface area contributed by atoms with E-state index in [1.165, 1.54) is 162 Å². The zero-order valence-corrected chi connectivity index (χ0v) is 104. The van der Waals surface area contributed by atoms with E-state index in [1.807, 2.05) is 182 Å². The molecule has 0 fully saturated rings. The van der Waals surface area contributed by atoms with Gasteiger partial charge in [-0.25, -0.2) is 0 Å². The van der Waals surface area contributed by atoms with E-state index in [9.17, 15) is 25.5 Å². The molecule has 148 heavy (non-hydrogen) atoms. The Balaban J connectivity index is 0.000000245. The molecule has 10 nitrogen and oxygen atoms in total. The number of hydrogen-bond donors (Lipinski definition) is 5. The van der Waals surface area contributed by atoms with E-state index in [0.29, 0.717) is 104 Å². The average Bonchev–Trinajstić information content (AvgIpc) is 0.791. The SMILES string of the molecule is CC(C)(C)[N-]Cc1ccccc1Pc1cc(-c2ccccc2)cc(-c2ccccc2)c1O.CC(C)(C)[N-]Cc1ccccc1Pc1cc(-c2ccccc2)ccc1O.CC(C)(C)[N-]Cc1ccccc1Pc1cccc(-c2ccccc2)c1O.Cc1ccc(Pc2cc(-c3ccccc3)ccc2O)c(C[N-]C(C)(C)C)c1.Cc1cccc(C[N-]C(C)(C)C)c1Pc1cccc(-c2ccccc2)c1O.[Cl][Ti+].[Cl][Ti+].[Cl][Ti+].[Cl][Ti+].[Cl][Ti+]. The third-order valence-corrected chi connectivity index (χ3v) is 29.7. The molecule has 5 atom stereocenters. The Morgan fingerprint density at radius 3 is 0.818 bits per heavy atom. The number of halogens is 5. The minimum atomic E-state index is -0.0773. The van der Waals surface area contributed by atoms with Crippen molar-refractivity contribution in [2.45, 2.75) is 178 Å². The number of para-hydroxylation sites is 2. The van der Waals surface area contributed by atoms with Crippen LogP contribution in [0.1, 0.15) is 143 Å². The molecule has 0 aromatic heterocycles. The van der Waals surface area contributed by atoms with Crippen LogP contribution in [-0.2, 0) is 130 Å². The second kappa shape index (κ2) is 66.7. The van der Waals surface area contributed by atoms with Crippen molar-refractivity contribution in [1.82, 2.24) is 0 Å². The van der Waals surface area contributed by atoms with E-state index in [-0.39, 0.29) is 27.7 Å². The number of phenolic OH excluding ortho intramolecular Hbond substituents is 5. The number of aromatic hydroxyl groups is 5. The first-order chi connectivity index (χ1) is 70.9. The van der Waals surface area contributed by atoms with Crippen LogP contribution in [0.3, 0.4) is 0 Å². The predicted octanol–water partition coefficient (Wildman–Crippen LogP) is 32.5. The summed E-state index contributed by atoms with van der Waals surface area (Å²) in [5.74, 6) is 1.82. The number of nitrogens with zero attached hydrogens (tertiary/aromatic N) is 5. The van der Waals surface area contributed by atoms with E-state index >= 15 is 0 Å². The van der Waals surface area contributed by atoms with Gasteiger partial charge in [0.25, 0.3) is 0 Å². The maximum absolute atomic E-state index is 11.3. The van der Waals surface area contributed by atoms with E-state index in [0.717, 1.165) is 93.3 Å². The van der Waals surface area contributed by atoms with Gasteiger partial charge in [-0.15, -0.1) is 60.4 Å². The minimum absolute atomic E-state index is 0.0500. The Hall–Kier alpha value is -6.51. The second-order valence-electron chi connectivity index (χ2n) is 39.3. The molecule has 0 heterocycles. The number of benzene rings is 16. The summed E-state index contributed by atoms with van der Waals surface area (Å²) >= 11 is 7.36. The van der Waals surface area contributed by atoms with Crippen molar-refractivity contribution < 1.29 is 122 Å².